The maximum absolute atomic E-state index is 6.31. The summed E-state index contributed by atoms with van der Waals surface area (Å²) in [6.45, 7) is 8.75. The number of aromatic nitrogens is 6. The van der Waals surface area contributed by atoms with Crippen molar-refractivity contribution in [1.82, 2.24) is 29.7 Å². The Morgan fingerprint density at radius 1 is 0.732 bits per heavy atom. The number of hydrogen-bond donors (Lipinski definition) is 0. The molecule has 41 heavy (non-hydrogen) atoms. The Kier molecular flexibility index (Phi) is 10.0. The van der Waals surface area contributed by atoms with Gasteiger partial charge in [-0.3, -0.25) is 0 Å². The van der Waals surface area contributed by atoms with Crippen LogP contribution in [0.1, 0.15) is 28.7 Å². The minimum atomic E-state index is 0.469. The number of nitrogens with zero attached hydrogens (tertiary/aromatic N) is 8. The summed E-state index contributed by atoms with van der Waals surface area (Å²) in [5.74, 6) is 3.09. The number of hydrogen-bond acceptors (Lipinski definition) is 10. The van der Waals surface area contributed by atoms with E-state index in [0.717, 1.165) is 45.3 Å². The van der Waals surface area contributed by atoms with Crippen molar-refractivity contribution in [3.05, 3.63) is 96.6 Å². The minimum Gasteiger partial charge on any atom is -0.492 e. The van der Waals surface area contributed by atoms with Crippen molar-refractivity contribution in [2.24, 2.45) is 10.2 Å². The van der Waals surface area contributed by atoms with Crippen molar-refractivity contribution in [1.29, 1.82) is 0 Å². The Hall–Kier alpha value is -4.16. The first-order chi connectivity index (χ1) is 20.3. The van der Waals surface area contributed by atoms with E-state index in [9.17, 15) is 0 Å². The maximum atomic E-state index is 6.31. The lowest BCUT2D eigenvalue weighted by Gasteiger charge is -2.15. The van der Waals surface area contributed by atoms with Crippen molar-refractivity contribution in [3.63, 3.8) is 0 Å². The van der Waals surface area contributed by atoms with Crippen LogP contribution in [0.5, 0.6) is 11.5 Å². The van der Waals surface area contributed by atoms with E-state index >= 15 is 0 Å². The molecule has 0 saturated carbocycles. The molecule has 0 atom stereocenters. The Morgan fingerprint density at radius 2 is 1.22 bits per heavy atom. The number of allylic oxidation sites excluding steroid dienone is 2. The van der Waals surface area contributed by atoms with Gasteiger partial charge in [-0.25, -0.2) is 0 Å². The fourth-order valence-electron chi connectivity index (χ4n) is 4.11. The minimum absolute atomic E-state index is 0.469. The number of rotatable bonds is 4. The molecule has 2 aromatic carbocycles. The van der Waals surface area contributed by atoms with E-state index in [1.807, 2.05) is 48.6 Å². The van der Waals surface area contributed by atoms with E-state index < -0.39 is 0 Å². The summed E-state index contributed by atoms with van der Waals surface area (Å²) in [6.07, 6.45) is 12.5. The lowest BCUT2D eigenvalue weighted by atomic mass is 10.1. The number of benzene rings is 2. The zero-order chi connectivity index (χ0) is 28.3. The molecule has 12 heteroatoms. The molecule has 0 spiro atoms. The van der Waals surface area contributed by atoms with Gasteiger partial charge in [-0.05, 0) is 36.1 Å². The highest BCUT2D eigenvalue weighted by Gasteiger charge is 2.12. The van der Waals surface area contributed by atoms with Crippen LogP contribution in [0, 0.1) is 0 Å². The van der Waals surface area contributed by atoms with E-state index in [0.29, 0.717) is 42.8 Å². The Bertz CT molecular complexity index is 1430. The summed E-state index contributed by atoms with van der Waals surface area (Å²) in [7, 11) is 0. The second-order valence-electron chi connectivity index (χ2n) is 8.81. The monoisotopic (exact) mass is 586 g/mol. The first kappa shape index (κ1) is 28.4. The summed E-state index contributed by atoms with van der Waals surface area (Å²) < 4.78 is 16.0. The van der Waals surface area contributed by atoms with E-state index in [2.05, 4.69) is 43.8 Å². The van der Waals surface area contributed by atoms with Gasteiger partial charge in [-0.2, -0.15) is 19.6 Å². The third kappa shape index (κ3) is 7.33. The average Bonchev–Trinajstić information content (AvgIpc) is 3.63. The largest absolute Gasteiger partial charge is 0.492 e. The van der Waals surface area contributed by atoms with Gasteiger partial charge in [0.25, 0.3) is 0 Å². The Balaban J connectivity index is 1.45. The normalized spacial score (nSPS) is 15.8. The van der Waals surface area contributed by atoms with Crippen LogP contribution in [0.25, 0.3) is 0 Å². The van der Waals surface area contributed by atoms with Crippen molar-refractivity contribution in [2.75, 3.05) is 24.7 Å². The van der Waals surface area contributed by atoms with Crippen molar-refractivity contribution in [3.8, 4) is 11.5 Å². The van der Waals surface area contributed by atoms with Crippen LogP contribution < -0.4 is 9.47 Å². The highest BCUT2D eigenvalue weighted by atomic mass is 32.2. The summed E-state index contributed by atoms with van der Waals surface area (Å²) >= 11 is 3.12. The first-order valence-electron chi connectivity index (χ1n) is 13.1. The van der Waals surface area contributed by atoms with Gasteiger partial charge in [0.2, 0.25) is 10.3 Å². The van der Waals surface area contributed by atoms with Crippen LogP contribution in [0.4, 0.5) is 0 Å². The first-order valence-corrected chi connectivity index (χ1v) is 15.1. The second-order valence-corrected chi connectivity index (χ2v) is 10.9. The van der Waals surface area contributed by atoms with Crippen LogP contribution in [-0.2, 0) is 12.8 Å². The summed E-state index contributed by atoms with van der Waals surface area (Å²) in [6, 6.07) is 12.0. The summed E-state index contributed by atoms with van der Waals surface area (Å²) in [4.78, 5) is 0. The van der Waals surface area contributed by atoms with E-state index in [-0.39, 0.29) is 0 Å². The predicted octanol–water partition coefficient (Wildman–Crippen LogP) is 5.14. The molecule has 0 bridgehead atoms. The molecule has 1 aliphatic heterocycles. The van der Waals surface area contributed by atoms with Gasteiger partial charge in [0, 0.05) is 29.1 Å². The van der Waals surface area contributed by atoms with E-state index in [1.165, 1.54) is 0 Å². The smallest absolute Gasteiger partial charge is 0.211 e. The van der Waals surface area contributed by atoms with Crippen molar-refractivity contribution in [2.45, 2.75) is 29.6 Å². The zero-order valence-corrected chi connectivity index (χ0v) is 24.1. The van der Waals surface area contributed by atoms with Gasteiger partial charge in [0.1, 0.15) is 24.2 Å². The molecule has 210 valence electrons. The van der Waals surface area contributed by atoms with Crippen LogP contribution in [-0.4, -0.2) is 66.9 Å². The standard InChI is InChI=1S/C29H30N8O2S2/c1-3-8-22-10-5-12-24-18-32-36-20-30-34-28(36)40-16-17-41-29-35-31-21-37(29)33-19-25-13-6-11-23(9-4-2)27(25)39-15-7-14-38-26(22)24/h3-6,10-13,18-21H,1-2,7-9,14-17H2/b32-18-,33-19-. The third-order valence-corrected chi connectivity index (χ3v) is 8.08. The number of para-hydroxylation sites is 2. The number of thioether (sulfide) groups is 2. The van der Waals surface area contributed by atoms with Gasteiger partial charge in [-0.1, -0.05) is 59.9 Å². The topological polar surface area (TPSA) is 105 Å². The number of ether oxygens (including phenoxy) is 2. The molecule has 0 unspecified atom stereocenters. The third-order valence-electron chi connectivity index (χ3n) is 5.95. The SMILES string of the molecule is C=CCc1cccc2c1OCCCOc1c(cccc1CC=C)/C=N\n1cnnc1SCCSc1nncn1/N=C\2. The highest BCUT2D eigenvalue weighted by molar-refractivity contribution is 8.02. The van der Waals surface area contributed by atoms with Gasteiger partial charge < -0.3 is 9.47 Å². The molecule has 10 nitrogen and oxygen atoms in total. The maximum Gasteiger partial charge on any atom is 0.211 e. The molecule has 0 amide bonds. The van der Waals surface area contributed by atoms with E-state index in [1.54, 1.807) is 58.0 Å². The highest BCUT2D eigenvalue weighted by Crippen LogP contribution is 2.27. The molecule has 0 radical (unpaired) electrons. The quantitative estimate of drug-likeness (QED) is 0.303. The van der Waals surface area contributed by atoms with Gasteiger partial charge >= 0.3 is 0 Å². The fourth-order valence-corrected chi connectivity index (χ4v) is 5.80. The predicted molar refractivity (Wildman–Crippen MR) is 164 cm³/mol. The molecule has 0 aliphatic carbocycles. The van der Waals surface area contributed by atoms with Gasteiger partial charge in [0.15, 0.2) is 0 Å². The van der Waals surface area contributed by atoms with Crippen molar-refractivity contribution >= 4 is 36.0 Å². The van der Waals surface area contributed by atoms with Crippen LogP contribution in [0.15, 0.2) is 94.9 Å². The molecule has 0 N–H and O–H groups in total. The molecule has 0 fully saturated rings. The van der Waals surface area contributed by atoms with Gasteiger partial charge in [-0.15, -0.1) is 33.6 Å². The fraction of sp³-hybridized carbons (Fsp3) is 0.241. The van der Waals surface area contributed by atoms with Gasteiger partial charge in [0.05, 0.1) is 25.6 Å². The molecular weight excluding hydrogens is 557 g/mol. The lowest BCUT2D eigenvalue weighted by molar-refractivity contribution is 0.245. The zero-order valence-electron chi connectivity index (χ0n) is 22.5. The van der Waals surface area contributed by atoms with Crippen molar-refractivity contribution < 1.29 is 9.47 Å². The molecule has 1 aliphatic rings. The molecule has 5 rings (SSSR count). The molecule has 3 heterocycles. The Morgan fingerprint density at radius 3 is 1.68 bits per heavy atom. The van der Waals surface area contributed by atoms with E-state index in [4.69, 9.17) is 9.47 Å². The summed E-state index contributed by atoms with van der Waals surface area (Å²) in [5, 5.41) is 27.2. The molecule has 2 aromatic heterocycles. The second kappa shape index (κ2) is 14.5. The van der Waals surface area contributed by atoms with Crippen LogP contribution in [0.3, 0.4) is 0 Å². The summed E-state index contributed by atoms with van der Waals surface area (Å²) in [5.41, 5.74) is 3.82. The number of fused-ring (bicyclic) bond motifs is 4. The van der Waals surface area contributed by atoms with Crippen LogP contribution in [0.2, 0.25) is 0 Å². The van der Waals surface area contributed by atoms with Crippen LogP contribution >= 0.6 is 23.5 Å². The Labute approximate surface area is 247 Å². The average molecular weight is 587 g/mol. The molecule has 4 aromatic rings. The molecule has 0 saturated heterocycles. The molecular formula is C29H30N8O2S2. The lowest BCUT2D eigenvalue weighted by Crippen LogP contribution is -2.09.